The highest BCUT2D eigenvalue weighted by atomic mass is 35.5. The molecule has 1 aliphatic carbocycles. The topological polar surface area (TPSA) is 110 Å². The molecule has 0 fully saturated rings. The largest absolute Gasteiger partial charge is 0.497 e. The molecule has 0 saturated heterocycles. The van der Waals surface area contributed by atoms with Crippen LogP contribution in [0.1, 0.15) is 26.7 Å². The van der Waals surface area contributed by atoms with Gasteiger partial charge in [0, 0.05) is 12.5 Å². The van der Waals surface area contributed by atoms with Crippen molar-refractivity contribution in [3.63, 3.8) is 0 Å². The Balaban J connectivity index is 3.34. The van der Waals surface area contributed by atoms with Gasteiger partial charge in [-0.2, -0.15) is 0 Å². The lowest BCUT2D eigenvalue weighted by atomic mass is 9.68. The number of carboxylic acids is 2. The number of carbonyl (C=O) groups is 2. The maximum Gasteiger partial charge on any atom is 0.333 e. The van der Waals surface area contributed by atoms with Crippen LogP contribution in [0.5, 0.6) is 0 Å². The third-order valence-electron chi connectivity index (χ3n) is 3.82. The predicted molar refractivity (Wildman–Crippen MR) is 77.7 cm³/mol. The first-order valence-electron chi connectivity index (χ1n) is 6.74. The highest BCUT2D eigenvalue weighted by molar-refractivity contribution is 6.33. The molecule has 7 heteroatoms. The number of hydrogen-bond acceptors (Lipinski definition) is 4. The molecule has 6 nitrogen and oxygen atoms in total. The average molecular weight is 318 g/mol. The fourth-order valence-electron chi connectivity index (χ4n) is 2.43. The van der Waals surface area contributed by atoms with Gasteiger partial charge in [0.05, 0.1) is 17.2 Å². The Morgan fingerprint density at radius 2 is 2.10 bits per heavy atom. The molecule has 21 heavy (non-hydrogen) atoms. The Labute approximate surface area is 128 Å². The number of ether oxygens (including phenoxy) is 1. The van der Waals surface area contributed by atoms with Crippen molar-refractivity contribution in [1.82, 2.24) is 0 Å². The van der Waals surface area contributed by atoms with Crippen LogP contribution in [0.2, 0.25) is 0 Å². The summed E-state index contributed by atoms with van der Waals surface area (Å²) in [6, 6.07) is 0. The molecule has 0 amide bonds. The van der Waals surface area contributed by atoms with Gasteiger partial charge in [0.2, 0.25) is 0 Å². The minimum Gasteiger partial charge on any atom is -0.497 e. The van der Waals surface area contributed by atoms with E-state index in [1.807, 2.05) is 6.92 Å². The van der Waals surface area contributed by atoms with E-state index < -0.39 is 23.3 Å². The van der Waals surface area contributed by atoms with Gasteiger partial charge >= 0.3 is 11.9 Å². The maximum absolute atomic E-state index is 11.8. The van der Waals surface area contributed by atoms with E-state index in [4.69, 9.17) is 22.1 Å². The predicted octanol–water partition coefficient (Wildman–Crippen LogP) is 1.94. The zero-order valence-electron chi connectivity index (χ0n) is 12.1. The number of halogens is 1. The van der Waals surface area contributed by atoms with Gasteiger partial charge < -0.3 is 20.7 Å². The zero-order chi connectivity index (χ0) is 16.2. The minimum absolute atomic E-state index is 0.0215. The first-order valence-corrected chi connectivity index (χ1v) is 7.12. The highest BCUT2D eigenvalue weighted by Crippen LogP contribution is 2.46. The standard InChI is InChI=1S/C14H20ClNO5/c1-3-4-5-21-10-6-9(15)11(12(17)18)8(2)14(10,7-16)13(19)20/h6,8H,3-5,7,16H2,1-2H3,(H,17,18)(H,19,20). The fraction of sp³-hybridized carbons (Fsp3) is 0.571. The van der Waals surface area contributed by atoms with Gasteiger partial charge in [-0.1, -0.05) is 31.9 Å². The molecule has 0 aromatic rings. The van der Waals surface area contributed by atoms with E-state index in [0.717, 1.165) is 12.8 Å². The summed E-state index contributed by atoms with van der Waals surface area (Å²) in [4.78, 5) is 23.1. The third kappa shape index (κ3) is 3.06. The van der Waals surface area contributed by atoms with E-state index in [9.17, 15) is 19.8 Å². The molecule has 0 spiro atoms. The smallest absolute Gasteiger partial charge is 0.333 e. The Morgan fingerprint density at radius 3 is 2.52 bits per heavy atom. The summed E-state index contributed by atoms with van der Waals surface area (Å²) < 4.78 is 5.55. The summed E-state index contributed by atoms with van der Waals surface area (Å²) in [6.07, 6.45) is 2.90. The lowest BCUT2D eigenvalue weighted by molar-refractivity contribution is -0.151. The summed E-state index contributed by atoms with van der Waals surface area (Å²) in [5.41, 5.74) is 3.90. The highest BCUT2D eigenvalue weighted by Gasteiger charge is 2.53. The Bertz CT molecular complexity index is 500. The molecular weight excluding hydrogens is 298 g/mol. The number of rotatable bonds is 7. The van der Waals surface area contributed by atoms with Crippen molar-refractivity contribution in [3.8, 4) is 0 Å². The molecule has 2 unspecified atom stereocenters. The zero-order valence-corrected chi connectivity index (χ0v) is 12.8. The maximum atomic E-state index is 11.8. The Hall–Kier alpha value is -1.53. The van der Waals surface area contributed by atoms with Crippen molar-refractivity contribution in [1.29, 1.82) is 0 Å². The summed E-state index contributed by atoms with van der Waals surface area (Å²) >= 11 is 5.98. The van der Waals surface area contributed by atoms with Crippen LogP contribution in [0, 0.1) is 11.3 Å². The quantitative estimate of drug-likeness (QED) is 0.619. The van der Waals surface area contributed by atoms with Crippen molar-refractivity contribution in [2.75, 3.05) is 13.2 Å². The number of nitrogens with two attached hydrogens (primary N) is 1. The Kier molecular flexibility index (Phi) is 5.80. The molecule has 0 radical (unpaired) electrons. The van der Waals surface area contributed by atoms with Gasteiger partial charge in [0.15, 0.2) is 0 Å². The first-order chi connectivity index (χ1) is 9.82. The van der Waals surface area contributed by atoms with Gasteiger partial charge in [0.1, 0.15) is 11.2 Å². The molecule has 118 valence electrons. The second-order valence-electron chi connectivity index (χ2n) is 4.98. The minimum atomic E-state index is -1.61. The van der Waals surface area contributed by atoms with Crippen molar-refractivity contribution >= 4 is 23.5 Å². The van der Waals surface area contributed by atoms with Crippen molar-refractivity contribution < 1.29 is 24.5 Å². The van der Waals surface area contributed by atoms with Crippen LogP contribution in [-0.2, 0) is 14.3 Å². The van der Waals surface area contributed by atoms with Crippen LogP contribution in [-0.4, -0.2) is 35.3 Å². The van der Waals surface area contributed by atoms with Crippen LogP contribution in [0.3, 0.4) is 0 Å². The normalized spacial score (nSPS) is 25.5. The molecule has 1 rings (SSSR count). The molecule has 0 aromatic heterocycles. The van der Waals surface area contributed by atoms with E-state index in [1.54, 1.807) is 0 Å². The molecule has 0 heterocycles. The van der Waals surface area contributed by atoms with Gasteiger partial charge in [-0.25, -0.2) is 4.79 Å². The lowest BCUT2D eigenvalue weighted by Gasteiger charge is -2.38. The molecule has 2 atom stereocenters. The monoisotopic (exact) mass is 317 g/mol. The van der Waals surface area contributed by atoms with Crippen LogP contribution in [0.4, 0.5) is 0 Å². The fourth-order valence-corrected chi connectivity index (χ4v) is 2.77. The SMILES string of the molecule is CCCCOC1=CC(Cl)=C(C(=O)O)C(C)C1(CN)C(=O)O. The summed E-state index contributed by atoms with van der Waals surface area (Å²) in [5.74, 6) is -3.25. The summed E-state index contributed by atoms with van der Waals surface area (Å²) in [6.45, 7) is 3.52. The number of carboxylic acid groups (broad SMARTS) is 2. The van der Waals surface area contributed by atoms with Crippen LogP contribution in [0.25, 0.3) is 0 Å². The third-order valence-corrected chi connectivity index (χ3v) is 4.13. The molecule has 0 aromatic carbocycles. The number of hydrogen-bond donors (Lipinski definition) is 3. The van der Waals surface area contributed by atoms with E-state index in [2.05, 4.69) is 0 Å². The Morgan fingerprint density at radius 1 is 1.48 bits per heavy atom. The van der Waals surface area contributed by atoms with E-state index in [0.29, 0.717) is 6.61 Å². The van der Waals surface area contributed by atoms with Crippen LogP contribution in [0.15, 0.2) is 22.4 Å². The van der Waals surface area contributed by atoms with Crippen molar-refractivity contribution in [3.05, 3.63) is 22.4 Å². The van der Waals surface area contributed by atoms with Crippen LogP contribution >= 0.6 is 11.6 Å². The molecule has 4 N–H and O–H groups in total. The first kappa shape index (κ1) is 17.5. The van der Waals surface area contributed by atoms with E-state index in [1.165, 1.54) is 13.0 Å². The van der Waals surface area contributed by atoms with Gasteiger partial charge in [-0.15, -0.1) is 0 Å². The van der Waals surface area contributed by atoms with E-state index >= 15 is 0 Å². The number of allylic oxidation sites excluding steroid dienone is 2. The van der Waals surface area contributed by atoms with Crippen LogP contribution < -0.4 is 5.73 Å². The second kappa shape index (κ2) is 6.95. The van der Waals surface area contributed by atoms with E-state index in [-0.39, 0.29) is 22.9 Å². The number of aliphatic carboxylic acids is 2. The lowest BCUT2D eigenvalue weighted by Crippen LogP contribution is -2.49. The van der Waals surface area contributed by atoms with Gasteiger partial charge in [0.25, 0.3) is 0 Å². The summed E-state index contributed by atoms with van der Waals surface area (Å²) in [7, 11) is 0. The molecular formula is C14H20ClNO5. The van der Waals surface area contributed by atoms with Gasteiger partial charge in [-0.05, 0) is 12.5 Å². The van der Waals surface area contributed by atoms with Gasteiger partial charge in [-0.3, -0.25) is 4.79 Å². The van der Waals surface area contributed by atoms with Crippen molar-refractivity contribution in [2.24, 2.45) is 17.1 Å². The number of unbranched alkanes of at least 4 members (excludes halogenated alkanes) is 1. The van der Waals surface area contributed by atoms with Crippen molar-refractivity contribution in [2.45, 2.75) is 26.7 Å². The second-order valence-corrected chi connectivity index (χ2v) is 5.39. The average Bonchev–Trinajstić information content (AvgIpc) is 2.38. The summed E-state index contributed by atoms with van der Waals surface area (Å²) in [5, 5.41) is 18.8. The molecule has 0 aliphatic heterocycles. The molecule has 1 aliphatic rings. The molecule has 0 bridgehead atoms. The molecule has 0 saturated carbocycles.